The zero-order chi connectivity index (χ0) is 21.2. The molecule has 0 aliphatic heterocycles. The van der Waals surface area contributed by atoms with E-state index >= 15 is 0 Å². The first-order chi connectivity index (χ1) is 14.7. The van der Waals surface area contributed by atoms with Crippen LogP contribution in [0.2, 0.25) is 0 Å². The van der Waals surface area contributed by atoms with Gasteiger partial charge in [0.2, 0.25) is 0 Å². The molecule has 1 heterocycles. The molecule has 0 bridgehead atoms. The van der Waals surface area contributed by atoms with Crippen molar-refractivity contribution in [3.63, 3.8) is 0 Å². The minimum absolute atomic E-state index is 1.05. The largest absolute Gasteiger partial charge is 0.214 e. The summed E-state index contributed by atoms with van der Waals surface area (Å²) in [5.74, 6) is 0. The Balaban J connectivity index is 0.000000140. The van der Waals surface area contributed by atoms with Gasteiger partial charge in [0.1, 0.15) is 0 Å². The Bertz CT molecular complexity index is 979. The average Bonchev–Trinajstić information content (AvgIpc) is 3.54. The predicted molar refractivity (Wildman–Crippen MR) is 128 cm³/mol. The Hall–Kier alpha value is -1.77. The maximum atomic E-state index is 3.30. The van der Waals surface area contributed by atoms with Crippen LogP contribution in [0.15, 0.2) is 84.9 Å². The fourth-order valence-corrected chi connectivity index (χ4v) is 5.19. The first-order valence-electron chi connectivity index (χ1n) is 10.6. The molecule has 1 aliphatic carbocycles. The van der Waals surface area contributed by atoms with Crippen molar-refractivity contribution in [2.45, 2.75) is 39.5 Å². The SMILES string of the molecule is CCCCc1ccc([C](C)=[Hf+2])s1.[c-]1cccc2c1Cc1ccccc1-2.c1cc[cH-]c1. The third kappa shape index (κ3) is 6.62. The van der Waals surface area contributed by atoms with Gasteiger partial charge >= 0.3 is 93.5 Å². The molecule has 0 nitrogen and oxygen atoms in total. The molecule has 5 rings (SSSR count). The van der Waals surface area contributed by atoms with Crippen molar-refractivity contribution < 1.29 is 23.9 Å². The van der Waals surface area contributed by atoms with Crippen molar-refractivity contribution in [2.75, 3.05) is 0 Å². The van der Waals surface area contributed by atoms with E-state index < -0.39 is 0 Å². The van der Waals surface area contributed by atoms with Crippen molar-refractivity contribution in [1.82, 2.24) is 0 Å². The van der Waals surface area contributed by atoms with Crippen LogP contribution in [0.3, 0.4) is 0 Å². The van der Waals surface area contributed by atoms with Crippen LogP contribution in [0.4, 0.5) is 0 Å². The summed E-state index contributed by atoms with van der Waals surface area (Å²) in [5, 5.41) is 0. The van der Waals surface area contributed by atoms with E-state index in [2.05, 4.69) is 68.4 Å². The number of fused-ring (bicyclic) bond motifs is 3. The number of hydrogen-bond donors (Lipinski definition) is 0. The van der Waals surface area contributed by atoms with Crippen molar-refractivity contribution in [1.29, 1.82) is 0 Å². The number of unbranched alkanes of at least 4 members (excludes halogenated alkanes) is 1. The fraction of sp³-hybridized carbons (Fsp3) is 0.214. The Morgan fingerprint density at radius 2 is 1.77 bits per heavy atom. The van der Waals surface area contributed by atoms with E-state index in [0.29, 0.717) is 0 Å². The molecule has 0 amide bonds. The first-order valence-corrected chi connectivity index (χ1v) is 13.2. The molecule has 0 unspecified atom stereocenters. The Labute approximate surface area is 200 Å². The summed E-state index contributed by atoms with van der Waals surface area (Å²) < 4.78 is 1.57. The monoisotopic (exact) mass is 576 g/mol. The van der Waals surface area contributed by atoms with Crippen LogP contribution in [-0.4, -0.2) is 3.26 Å². The number of thiophene rings is 1. The van der Waals surface area contributed by atoms with E-state index in [4.69, 9.17) is 0 Å². The van der Waals surface area contributed by atoms with Crippen LogP contribution in [-0.2, 0) is 36.7 Å². The second kappa shape index (κ2) is 12.2. The summed E-state index contributed by atoms with van der Waals surface area (Å²) in [6.07, 6.45) is 4.96. The molecular formula is C28H28HfS. The van der Waals surface area contributed by atoms with Gasteiger partial charge in [-0.25, -0.2) is 12.1 Å². The summed E-state index contributed by atoms with van der Waals surface area (Å²) in [7, 11) is 0. The maximum Gasteiger partial charge on any atom is -0.0253 e. The summed E-state index contributed by atoms with van der Waals surface area (Å²) in [5.41, 5.74) is 5.51. The van der Waals surface area contributed by atoms with Gasteiger partial charge in [0, 0.05) is 0 Å². The van der Waals surface area contributed by atoms with E-state index in [1.54, 1.807) is 8.13 Å². The molecule has 0 N–H and O–H groups in total. The van der Waals surface area contributed by atoms with Crippen LogP contribution < -0.4 is 0 Å². The van der Waals surface area contributed by atoms with Gasteiger partial charge in [-0.15, -0.1) is 5.56 Å². The van der Waals surface area contributed by atoms with Crippen molar-refractivity contribution >= 4 is 14.6 Å². The molecule has 0 spiro atoms. The predicted octanol–water partition coefficient (Wildman–Crippen LogP) is 7.64. The Kier molecular flexibility index (Phi) is 9.29. The number of aryl methyl sites for hydroxylation is 1. The molecular weight excluding hydrogens is 547 g/mol. The van der Waals surface area contributed by atoms with E-state index in [1.165, 1.54) is 70.3 Å². The summed E-state index contributed by atoms with van der Waals surface area (Å²) in [6.45, 7) is 4.49. The van der Waals surface area contributed by atoms with Gasteiger partial charge in [-0.05, 0) is 6.42 Å². The third-order valence-electron chi connectivity index (χ3n) is 4.98. The zero-order valence-electron chi connectivity index (χ0n) is 17.8. The summed E-state index contributed by atoms with van der Waals surface area (Å²) >= 11 is 3.18. The topological polar surface area (TPSA) is 0 Å². The molecule has 4 aromatic rings. The molecule has 30 heavy (non-hydrogen) atoms. The molecule has 0 fully saturated rings. The molecule has 1 aliphatic rings. The molecule has 1 aromatic heterocycles. The van der Waals surface area contributed by atoms with E-state index in [0.717, 1.165) is 6.42 Å². The van der Waals surface area contributed by atoms with Gasteiger partial charge in [0.05, 0.1) is 0 Å². The van der Waals surface area contributed by atoms with Gasteiger partial charge in [0.15, 0.2) is 0 Å². The maximum absolute atomic E-state index is 3.30. The molecule has 0 radical (unpaired) electrons. The molecule has 150 valence electrons. The number of rotatable bonds is 4. The van der Waals surface area contributed by atoms with Crippen molar-refractivity contribution in [3.8, 4) is 11.1 Å². The average molecular weight is 575 g/mol. The van der Waals surface area contributed by atoms with Crippen molar-refractivity contribution in [3.05, 3.63) is 112 Å². The third-order valence-corrected chi connectivity index (χ3v) is 7.86. The second-order valence-electron chi connectivity index (χ2n) is 7.35. The Morgan fingerprint density at radius 3 is 2.43 bits per heavy atom. The molecule has 0 atom stereocenters. The minimum atomic E-state index is 1.05. The normalized spacial score (nSPS) is 10.8. The van der Waals surface area contributed by atoms with Gasteiger partial charge in [0.25, 0.3) is 0 Å². The van der Waals surface area contributed by atoms with Crippen LogP contribution in [0.5, 0.6) is 0 Å². The smallest absolute Gasteiger partial charge is 0.0253 e. The van der Waals surface area contributed by atoms with Crippen LogP contribution in [0.1, 0.15) is 47.6 Å². The molecule has 0 saturated carbocycles. The zero-order valence-corrected chi connectivity index (χ0v) is 22.2. The molecule has 2 heteroatoms. The van der Waals surface area contributed by atoms with Gasteiger partial charge < -0.3 is 0 Å². The second-order valence-corrected chi connectivity index (χ2v) is 11.2. The van der Waals surface area contributed by atoms with Gasteiger partial charge in [-0.2, -0.15) is 48.0 Å². The van der Waals surface area contributed by atoms with Gasteiger partial charge in [-0.1, -0.05) is 35.4 Å². The van der Waals surface area contributed by atoms with E-state index in [1.807, 2.05) is 47.7 Å². The minimum Gasteiger partial charge on any atom is -0.214 e. The van der Waals surface area contributed by atoms with E-state index in [-0.39, 0.29) is 0 Å². The molecule has 3 aromatic carbocycles. The van der Waals surface area contributed by atoms with Crippen LogP contribution in [0.25, 0.3) is 11.1 Å². The first kappa shape index (κ1) is 22.9. The van der Waals surface area contributed by atoms with Crippen LogP contribution >= 0.6 is 11.3 Å². The summed E-state index contributed by atoms with van der Waals surface area (Å²) in [4.78, 5) is 3.06. The quantitative estimate of drug-likeness (QED) is 0.153. The van der Waals surface area contributed by atoms with Crippen LogP contribution in [0, 0.1) is 6.07 Å². The molecule has 0 saturated heterocycles. The van der Waals surface area contributed by atoms with Gasteiger partial charge in [-0.3, -0.25) is 0 Å². The summed E-state index contributed by atoms with van der Waals surface area (Å²) in [6, 6.07) is 32.7. The van der Waals surface area contributed by atoms with E-state index in [9.17, 15) is 0 Å². The number of benzene rings is 2. The Morgan fingerprint density at radius 1 is 1.00 bits per heavy atom. The fourth-order valence-electron chi connectivity index (χ4n) is 3.38. The standard InChI is InChI=1S/C13H9.C10H14S.C5H5.Hf/c1-3-7-12-10(5-1)9-11-6-2-4-8-13(11)12;1-3-5-6-10-8-7-9(4-2)11-10;1-2-4-5-3-1;/h1-5,7-8H,9H2;7-8H,3,5-6H2,1-2H3;1-5H;/q-1;;-1;+2. The number of hydrogen-bond acceptors (Lipinski definition) is 1. The van der Waals surface area contributed by atoms with Crippen molar-refractivity contribution in [2.24, 2.45) is 0 Å².